The summed E-state index contributed by atoms with van der Waals surface area (Å²) in [6.45, 7) is 15.5. The zero-order chi connectivity index (χ0) is 10.4. The van der Waals surface area contributed by atoms with Crippen LogP contribution in [-0.4, -0.2) is 12.8 Å². The van der Waals surface area contributed by atoms with Crippen molar-refractivity contribution in [3.05, 3.63) is 38.0 Å². The third kappa shape index (κ3) is 16.0. The molecule has 0 aromatic rings. The van der Waals surface area contributed by atoms with Gasteiger partial charge >= 0.3 is 0 Å². The van der Waals surface area contributed by atoms with E-state index in [1.165, 1.54) is 0 Å². The summed E-state index contributed by atoms with van der Waals surface area (Å²) in [6.07, 6.45) is 5.57. The smallest absolute Gasteiger partial charge is 0.0561 e. The summed E-state index contributed by atoms with van der Waals surface area (Å²) < 4.78 is 0. The van der Waals surface area contributed by atoms with E-state index in [1.807, 2.05) is 32.9 Å². The highest BCUT2D eigenvalue weighted by Gasteiger charge is 1.76. The lowest BCUT2D eigenvalue weighted by Gasteiger charge is -1.83. The van der Waals surface area contributed by atoms with Gasteiger partial charge < -0.3 is 0 Å². The highest BCUT2D eigenvalue weighted by molar-refractivity contribution is 6.03. The minimum atomic E-state index is 0.924. The Morgan fingerprint density at radius 2 is 1.67 bits per heavy atom. The summed E-state index contributed by atoms with van der Waals surface area (Å²) in [5.41, 5.74) is 0.924. The summed E-state index contributed by atoms with van der Waals surface area (Å²) in [5, 5.41) is 0. The fraction of sp³-hybridized carbons (Fsp3) is 0.364. The molecule has 0 atom stereocenters. The molecule has 0 spiro atoms. The fourth-order valence-electron chi connectivity index (χ4n) is 0.405. The molecule has 0 radical (unpaired) electrons. The number of hydrogen-bond donors (Lipinski definition) is 0. The molecule has 0 aromatic heterocycles. The van der Waals surface area contributed by atoms with Gasteiger partial charge in [-0.2, -0.15) is 0 Å². The van der Waals surface area contributed by atoms with Gasteiger partial charge in [0.15, 0.2) is 0 Å². The van der Waals surface area contributed by atoms with Crippen molar-refractivity contribution in [1.82, 2.24) is 0 Å². The molecule has 0 heterocycles. The van der Waals surface area contributed by atoms with Crippen molar-refractivity contribution in [2.75, 3.05) is 7.05 Å². The SMILES string of the molecule is C=C.C=CC(/C=C\C)=NC.CC. The van der Waals surface area contributed by atoms with Crippen LogP contribution in [0.3, 0.4) is 0 Å². The molecule has 1 heteroatoms. The van der Waals surface area contributed by atoms with Crippen molar-refractivity contribution in [2.45, 2.75) is 20.8 Å². The molecule has 0 fully saturated rings. The van der Waals surface area contributed by atoms with Gasteiger partial charge in [-0.1, -0.05) is 26.5 Å². The second-order valence-corrected chi connectivity index (χ2v) is 1.35. The van der Waals surface area contributed by atoms with Crippen molar-refractivity contribution in [2.24, 2.45) is 4.99 Å². The van der Waals surface area contributed by atoms with E-state index in [0.29, 0.717) is 0 Å². The third-order valence-electron chi connectivity index (χ3n) is 0.805. The Morgan fingerprint density at radius 3 is 1.75 bits per heavy atom. The molecule has 0 bridgehead atoms. The lowest BCUT2D eigenvalue weighted by molar-refractivity contribution is 1.45. The lowest BCUT2D eigenvalue weighted by atomic mass is 10.3. The van der Waals surface area contributed by atoms with Crippen molar-refractivity contribution in [3.8, 4) is 0 Å². The molecule has 0 aromatic carbocycles. The average molecular weight is 167 g/mol. The lowest BCUT2D eigenvalue weighted by Crippen LogP contribution is -1.82. The van der Waals surface area contributed by atoms with Gasteiger partial charge in [0.1, 0.15) is 0 Å². The van der Waals surface area contributed by atoms with Gasteiger partial charge in [-0.15, -0.1) is 13.2 Å². The van der Waals surface area contributed by atoms with Gasteiger partial charge in [0, 0.05) is 7.05 Å². The van der Waals surface area contributed by atoms with Crippen LogP contribution in [0.25, 0.3) is 0 Å². The van der Waals surface area contributed by atoms with Crippen molar-refractivity contribution < 1.29 is 0 Å². The number of rotatable bonds is 2. The Labute approximate surface area is 77.2 Å². The van der Waals surface area contributed by atoms with Gasteiger partial charge in [0.25, 0.3) is 0 Å². The first-order valence-corrected chi connectivity index (χ1v) is 4.07. The van der Waals surface area contributed by atoms with Gasteiger partial charge in [-0.25, -0.2) is 0 Å². The quantitative estimate of drug-likeness (QED) is 0.440. The maximum Gasteiger partial charge on any atom is 0.0561 e. The summed E-state index contributed by atoms with van der Waals surface area (Å²) >= 11 is 0. The van der Waals surface area contributed by atoms with E-state index in [0.717, 1.165) is 5.71 Å². The van der Waals surface area contributed by atoms with Gasteiger partial charge in [0.05, 0.1) is 5.71 Å². The maximum absolute atomic E-state index is 3.91. The van der Waals surface area contributed by atoms with Crippen LogP contribution in [0.2, 0.25) is 0 Å². The molecular formula is C11H21N. The highest BCUT2D eigenvalue weighted by atomic mass is 14.7. The Morgan fingerprint density at radius 1 is 1.25 bits per heavy atom. The van der Waals surface area contributed by atoms with Crippen LogP contribution < -0.4 is 0 Å². The molecule has 0 N–H and O–H groups in total. The van der Waals surface area contributed by atoms with Crippen LogP contribution >= 0.6 is 0 Å². The predicted molar refractivity (Wildman–Crippen MR) is 61.0 cm³/mol. The van der Waals surface area contributed by atoms with E-state index in [-0.39, 0.29) is 0 Å². The molecule has 0 aliphatic carbocycles. The minimum Gasteiger partial charge on any atom is -0.289 e. The number of allylic oxidation sites excluding steroid dienone is 3. The van der Waals surface area contributed by atoms with Gasteiger partial charge in [-0.3, -0.25) is 4.99 Å². The zero-order valence-electron chi connectivity index (χ0n) is 8.80. The Balaban J connectivity index is -0.000000175. The Bertz CT molecular complexity index is 132. The largest absolute Gasteiger partial charge is 0.289 e. The summed E-state index contributed by atoms with van der Waals surface area (Å²) in [6, 6.07) is 0. The highest BCUT2D eigenvalue weighted by Crippen LogP contribution is 1.80. The Hall–Kier alpha value is -1.11. The number of nitrogens with zero attached hydrogens (tertiary/aromatic N) is 1. The topological polar surface area (TPSA) is 12.4 Å². The first-order valence-electron chi connectivity index (χ1n) is 4.07. The first kappa shape index (κ1) is 17.1. The molecule has 0 saturated heterocycles. The van der Waals surface area contributed by atoms with Crippen LogP contribution in [0.4, 0.5) is 0 Å². The van der Waals surface area contributed by atoms with E-state index in [1.54, 1.807) is 13.1 Å². The molecule has 0 aliphatic rings. The molecule has 12 heavy (non-hydrogen) atoms. The third-order valence-corrected chi connectivity index (χ3v) is 0.805. The van der Waals surface area contributed by atoms with Crippen LogP contribution in [0.1, 0.15) is 20.8 Å². The van der Waals surface area contributed by atoms with Crippen LogP contribution in [-0.2, 0) is 0 Å². The summed E-state index contributed by atoms with van der Waals surface area (Å²) in [4.78, 5) is 3.91. The summed E-state index contributed by atoms with van der Waals surface area (Å²) in [5.74, 6) is 0. The predicted octanol–water partition coefficient (Wildman–Crippen LogP) is 3.65. The van der Waals surface area contributed by atoms with Crippen molar-refractivity contribution >= 4 is 5.71 Å². The second-order valence-electron chi connectivity index (χ2n) is 1.35. The van der Waals surface area contributed by atoms with Gasteiger partial charge in [0.2, 0.25) is 0 Å². The maximum atomic E-state index is 3.91. The molecular weight excluding hydrogens is 146 g/mol. The molecule has 0 aliphatic heterocycles. The van der Waals surface area contributed by atoms with Crippen LogP contribution in [0.5, 0.6) is 0 Å². The van der Waals surface area contributed by atoms with E-state index in [4.69, 9.17) is 0 Å². The molecule has 0 saturated carbocycles. The normalized spacial score (nSPS) is 9.17. The molecule has 0 unspecified atom stereocenters. The van der Waals surface area contributed by atoms with E-state index in [9.17, 15) is 0 Å². The Kier molecular flexibility index (Phi) is 32.1. The van der Waals surface area contributed by atoms with Gasteiger partial charge in [-0.05, 0) is 19.1 Å². The zero-order valence-corrected chi connectivity index (χ0v) is 8.80. The van der Waals surface area contributed by atoms with E-state index >= 15 is 0 Å². The van der Waals surface area contributed by atoms with E-state index in [2.05, 4.69) is 24.7 Å². The minimum absolute atomic E-state index is 0.924. The average Bonchev–Trinajstić information content (AvgIpc) is 2.20. The molecule has 70 valence electrons. The van der Waals surface area contributed by atoms with E-state index < -0.39 is 0 Å². The number of hydrogen-bond acceptors (Lipinski definition) is 1. The molecule has 0 rings (SSSR count). The van der Waals surface area contributed by atoms with Crippen LogP contribution in [0, 0.1) is 0 Å². The second kappa shape index (κ2) is 22.5. The number of aliphatic imine (C=N–C) groups is 1. The van der Waals surface area contributed by atoms with Crippen LogP contribution in [0.15, 0.2) is 43.0 Å². The summed E-state index contributed by atoms with van der Waals surface area (Å²) in [7, 11) is 1.75. The monoisotopic (exact) mass is 167 g/mol. The molecule has 0 amide bonds. The standard InChI is InChI=1S/C7H11N.C2H6.C2H4/c1-4-6-7(5-2)8-3;2*1-2/h4-6H,2H2,1,3H3;1-2H3;1-2H2/b6-4-,8-7?;;. The first-order chi connectivity index (χ1) is 5.85. The molecule has 1 nitrogen and oxygen atoms in total. The fourth-order valence-corrected chi connectivity index (χ4v) is 0.405. The van der Waals surface area contributed by atoms with Crippen molar-refractivity contribution in [3.63, 3.8) is 0 Å². The van der Waals surface area contributed by atoms with Crippen molar-refractivity contribution in [1.29, 1.82) is 0 Å².